The Balaban J connectivity index is 2.73. The van der Waals surface area contributed by atoms with Crippen LogP contribution in [-0.2, 0) is 6.54 Å². The molecule has 0 unspecified atom stereocenters. The first kappa shape index (κ1) is 11.2. The highest BCUT2D eigenvalue weighted by molar-refractivity contribution is 9.09. The van der Waals surface area contributed by atoms with Gasteiger partial charge in [-0.05, 0) is 5.41 Å². The Morgan fingerprint density at radius 2 is 2.36 bits per heavy atom. The fraction of sp³-hybridized carbons (Fsp3) is 0.625. The van der Waals surface area contributed by atoms with Crippen molar-refractivity contribution in [1.29, 1.82) is 0 Å². The van der Waals surface area contributed by atoms with Gasteiger partial charge in [-0.25, -0.2) is 0 Å². The maximum absolute atomic E-state index is 10.4. The fourth-order valence-electron chi connectivity index (χ4n) is 1.01. The van der Waals surface area contributed by atoms with Gasteiger partial charge in [-0.3, -0.25) is 14.8 Å². The lowest BCUT2D eigenvalue weighted by Gasteiger charge is -2.20. The molecule has 0 N–H and O–H groups in total. The topological polar surface area (TPSA) is 61.0 Å². The van der Waals surface area contributed by atoms with Crippen LogP contribution in [0.25, 0.3) is 0 Å². The third-order valence-corrected chi connectivity index (χ3v) is 3.30. The highest BCUT2D eigenvalue weighted by Crippen LogP contribution is 2.21. The molecule has 1 rings (SSSR count). The van der Waals surface area contributed by atoms with Crippen LogP contribution in [0.4, 0.5) is 5.69 Å². The molecule has 14 heavy (non-hydrogen) atoms. The summed E-state index contributed by atoms with van der Waals surface area (Å²) >= 11 is 3.39. The molecule has 0 aliphatic carbocycles. The first-order valence-electron chi connectivity index (χ1n) is 4.17. The average molecular weight is 262 g/mol. The van der Waals surface area contributed by atoms with Crippen molar-refractivity contribution in [3.05, 3.63) is 22.5 Å². The molecule has 0 fully saturated rings. The lowest BCUT2D eigenvalue weighted by Crippen LogP contribution is -2.21. The zero-order chi connectivity index (χ0) is 10.8. The summed E-state index contributed by atoms with van der Waals surface area (Å²) in [6, 6.07) is 0. The van der Waals surface area contributed by atoms with E-state index in [-0.39, 0.29) is 11.1 Å². The van der Waals surface area contributed by atoms with Crippen molar-refractivity contribution in [2.45, 2.75) is 20.4 Å². The van der Waals surface area contributed by atoms with E-state index in [0.29, 0.717) is 6.54 Å². The Hall–Kier alpha value is -0.910. The minimum absolute atomic E-state index is 0.0374. The van der Waals surface area contributed by atoms with Crippen molar-refractivity contribution < 1.29 is 4.92 Å². The SMILES string of the molecule is CC(C)(CBr)Cn1cc([N+](=O)[O-])cn1. The Morgan fingerprint density at radius 3 is 2.79 bits per heavy atom. The quantitative estimate of drug-likeness (QED) is 0.474. The van der Waals surface area contributed by atoms with Crippen molar-refractivity contribution in [1.82, 2.24) is 9.78 Å². The van der Waals surface area contributed by atoms with Crippen molar-refractivity contribution in [2.24, 2.45) is 5.41 Å². The predicted octanol–water partition coefficient (Wildman–Crippen LogP) is 2.21. The Bertz CT molecular complexity index is 335. The van der Waals surface area contributed by atoms with Crippen LogP contribution in [0.15, 0.2) is 12.4 Å². The largest absolute Gasteiger partial charge is 0.306 e. The number of nitro groups is 1. The van der Waals surface area contributed by atoms with Crippen LogP contribution in [0.1, 0.15) is 13.8 Å². The van der Waals surface area contributed by atoms with Gasteiger partial charge >= 0.3 is 5.69 Å². The molecule has 0 aromatic carbocycles. The number of hydrogen-bond acceptors (Lipinski definition) is 3. The summed E-state index contributed by atoms with van der Waals surface area (Å²) < 4.78 is 1.60. The lowest BCUT2D eigenvalue weighted by atomic mass is 9.97. The molecule has 0 radical (unpaired) electrons. The van der Waals surface area contributed by atoms with Crippen LogP contribution in [0.2, 0.25) is 0 Å². The van der Waals surface area contributed by atoms with Gasteiger partial charge in [0.1, 0.15) is 12.4 Å². The summed E-state index contributed by atoms with van der Waals surface area (Å²) in [5.41, 5.74) is 0.0789. The van der Waals surface area contributed by atoms with Gasteiger partial charge in [-0.1, -0.05) is 29.8 Å². The number of rotatable bonds is 4. The van der Waals surface area contributed by atoms with Crippen LogP contribution < -0.4 is 0 Å². The molecule has 1 heterocycles. The average Bonchev–Trinajstić information content (AvgIpc) is 2.52. The molecule has 5 nitrogen and oxygen atoms in total. The third-order valence-electron chi connectivity index (χ3n) is 1.78. The molecular formula is C8H12BrN3O2. The molecule has 1 aromatic heterocycles. The molecule has 1 aromatic rings. The number of hydrogen-bond donors (Lipinski definition) is 0. The standard InChI is InChI=1S/C8H12BrN3O2/c1-8(2,5-9)6-11-4-7(3-10-11)12(13)14/h3-4H,5-6H2,1-2H3. The molecule has 0 saturated carbocycles. The Labute approximate surface area is 90.4 Å². The van der Waals surface area contributed by atoms with Crippen LogP contribution in [-0.4, -0.2) is 20.0 Å². The summed E-state index contributed by atoms with van der Waals surface area (Å²) in [6.07, 6.45) is 2.72. The van der Waals surface area contributed by atoms with E-state index in [0.717, 1.165) is 5.33 Å². The van der Waals surface area contributed by atoms with Crippen molar-refractivity contribution in [2.75, 3.05) is 5.33 Å². The molecule has 0 aliphatic rings. The molecule has 78 valence electrons. The second kappa shape index (κ2) is 4.08. The molecule has 0 saturated heterocycles. The van der Waals surface area contributed by atoms with E-state index in [9.17, 15) is 10.1 Å². The summed E-state index contributed by atoms with van der Waals surface area (Å²) in [4.78, 5) is 9.95. The molecule has 0 spiro atoms. The van der Waals surface area contributed by atoms with Gasteiger partial charge < -0.3 is 0 Å². The maximum Gasteiger partial charge on any atom is 0.306 e. The van der Waals surface area contributed by atoms with E-state index in [1.54, 1.807) is 4.68 Å². The van der Waals surface area contributed by atoms with Gasteiger partial charge in [0.25, 0.3) is 0 Å². The Morgan fingerprint density at radius 1 is 1.71 bits per heavy atom. The van der Waals surface area contributed by atoms with Gasteiger partial charge in [-0.2, -0.15) is 5.10 Å². The Kier molecular flexibility index (Phi) is 3.25. The summed E-state index contributed by atoms with van der Waals surface area (Å²) in [6.45, 7) is 4.79. The first-order valence-corrected chi connectivity index (χ1v) is 5.29. The first-order chi connectivity index (χ1) is 6.44. The van der Waals surface area contributed by atoms with Crippen molar-refractivity contribution in [3.63, 3.8) is 0 Å². The van der Waals surface area contributed by atoms with E-state index in [2.05, 4.69) is 34.9 Å². The van der Waals surface area contributed by atoms with E-state index in [1.165, 1.54) is 12.4 Å². The smallest absolute Gasteiger partial charge is 0.265 e. The summed E-state index contributed by atoms with van der Waals surface area (Å²) in [5, 5.41) is 15.1. The van der Waals surface area contributed by atoms with Crippen molar-refractivity contribution >= 4 is 21.6 Å². The number of nitrogens with zero attached hydrogens (tertiary/aromatic N) is 3. The summed E-state index contributed by atoms with van der Waals surface area (Å²) in [5.74, 6) is 0. The van der Waals surface area contributed by atoms with Crippen LogP contribution >= 0.6 is 15.9 Å². The zero-order valence-corrected chi connectivity index (χ0v) is 9.69. The van der Waals surface area contributed by atoms with E-state index in [1.807, 2.05) is 0 Å². The number of aromatic nitrogens is 2. The molecule has 6 heteroatoms. The maximum atomic E-state index is 10.4. The molecule has 0 bridgehead atoms. The van der Waals surface area contributed by atoms with E-state index < -0.39 is 4.92 Å². The van der Waals surface area contributed by atoms with Gasteiger partial charge in [0.05, 0.1) is 4.92 Å². The lowest BCUT2D eigenvalue weighted by molar-refractivity contribution is -0.385. The number of alkyl halides is 1. The van der Waals surface area contributed by atoms with Crippen LogP contribution in [0, 0.1) is 15.5 Å². The highest BCUT2D eigenvalue weighted by Gasteiger charge is 2.19. The minimum Gasteiger partial charge on any atom is -0.265 e. The van der Waals surface area contributed by atoms with Crippen LogP contribution in [0.5, 0.6) is 0 Å². The highest BCUT2D eigenvalue weighted by atomic mass is 79.9. The van der Waals surface area contributed by atoms with Gasteiger partial charge in [0.15, 0.2) is 0 Å². The second-order valence-corrected chi connectivity index (χ2v) is 4.51. The van der Waals surface area contributed by atoms with Gasteiger partial charge in [0.2, 0.25) is 0 Å². The second-order valence-electron chi connectivity index (χ2n) is 3.95. The van der Waals surface area contributed by atoms with Crippen LogP contribution in [0.3, 0.4) is 0 Å². The van der Waals surface area contributed by atoms with E-state index in [4.69, 9.17) is 0 Å². The van der Waals surface area contributed by atoms with E-state index >= 15 is 0 Å². The predicted molar refractivity (Wildman–Crippen MR) is 56.5 cm³/mol. The zero-order valence-electron chi connectivity index (χ0n) is 8.11. The fourth-order valence-corrected chi connectivity index (χ4v) is 1.19. The van der Waals surface area contributed by atoms with Crippen molar-refractivity contribution in [3.8, 4) is 0 Å². The minimum atomic E-state index is -0.440. The molecule has 0 aliphatic heterocycles. The molecule has 0 amide bonds. The third kappa shape index (κ3) is 2.80. The van der Waals surface area contributed by atoms with Gasteiger partial charge in [0, 0.05) is 11.9 Å². The monoisotopic (exact) mass is 261 g/mol. The molecule has 0 atom stereocenters. The normalized spacial score (nSPS) is 11.6. The van der Waals surface area contributed by atoms with Gasteiger partial charge in [-0.15, -0.1) is 0 Å². The number of halogens is 1. The molecular weight excluding hydrogens is 250 g/mol. The summed E-state index contributed by atoms with van der Waals surface area (Å²) in [7, 11) is 0.